The van der Waals surface area contributed by atoms with Crippen LogP contribution in [0.2, 0.25) is 18.1 Å². The summed E-state index contributed by atoms with van der Waals surface area (Å²) < 4.78 is 44.5. The maximum atomic E-state index is 12.9. The van der Waals surface area contributed by atoms with Gasteiger partial charge in [0.2, 0.25) is 0 Å². The van der Waals surface area contributed by atoms with Crippen molar-refractivity contribution in [1.29, 1.82) is 0 Å². The van der Waals surface area contributed by atoms with E-state index in [9.17, 15) is 18.0 Å². The van der Waals surface area contributed by atoms with Gasteiger partial charge in [-0.1, -0.05) is 26.8 Å². The summed E-state index contributed by atoms with van der Waals surface area (Å²) in [4.78, 5) is 16.8. The molecule has 0 atom stereocenters. The van der Waals surface area contributed by atoms with E-state index in [1.54, 1.807) is 12.1 Å². The first kappa shape index (κ1) is 21.0. The van der Waals surface area contributed by atoms with Crippen molar-refractivity contribution in [2.45, 2.75) is 45.1 Å². The number of carbonyl (C=O) groups excluding carboxylic acids is 1. The number of anilines is 2. The van der Waals surface area contributed by atoms with Crippen LogP contribution in [0.15, 0.2) is 42.6 Å². The van der Waals surface area contributed by atoms with Crippen LogP contribution in [0.5, 0.6) is 0 Å². The van der Waals surface area contributed by atoms with Gasteiger partial charge in [0.1, 0.15) is 11.4 Å². The maximum absolute atomic E-state index is 12.9. The molecule has 146 valence electrons. The highest BCUT2D eigenvalue weighted by atomic mass is 28.4. The van der Waals surface area contributed by atoms with Crippen LogP contribution in [0.25, 0.3) is 0 Å². The number of carbonyl (C=O) groups is 1. The number of alkyl halides is 3. The van der Waals surface area contributed by atoms with Crippen LogP contribution < -0.4 is 5.32 Å². The molecule has 0 fully saturated rings. The molecule has 0 amide bonds. The molecule has 0 radical (unpaired) electrons. The minimum Gasteiger partial charge on any atom is -0.516 e. The van der Waals surface area contributed by atoms with E-state index >= 15 is 0 Å². The molecule has 27 heavy (non-hydrogen) atoms. The lowest BCUT2D eigenvalue weighted by atomic mass is 10.2. The molecule has 0 saturated heterocycles. The van der Waals surface area contributed by atoms with Gasteiger partial charge in [-0.25, -0.2) is 9.78 Å². The first-order chi connectivity index (χ1) is 12.3. The smallest absolute Gasteiger partial charge is 0.416 e. The van der Waals surface area contributed by atoms with E-state index in [1.807, 2.05) is 33.9 Å². The van der Waals surface area contributed by atoms with E-state index < -0.39 is 26.0 Å². The highest BCUT2D eigenvalue weighted by Crippen LogP contribution is 2.37. The lowest BCUT2D eigenvalue weighted by Gasteiger charge is -2.35. The van der Waals surface area contributed by atoms with E-state index in [0.29, 0.717) is 0 Å². The van der Waals surface area contributed by atoms with Gasteiger partial charge in [-0.05, 0) is 48.5 Å². The highest BCUT2D eigenvalue weighted by molar-refractivity contribution is 6.75. The molecule has 0 aliphatic heterocycles. The third-order valence-corrected chi connectivity index (χ3v) is 8.94. The SMILES string of the molecule is CC(C)(C)[Si](C)(C)OC(=O)c1cccnc1Nc1cccc(C(F)(F)F)c1. The Morgan fingerprint density at radius 3 is 2.37 bits per heavy atom. The molecule has 0 unspecified atom stereocenters. The Bertz CT molecular complexity index is 830. The minimum atomic E-state index is -4.45. The van der Waals surface area contributed by atoms with Gasteiger partial charge in [-0.15, -0.1) is 0 Å². The van der Waals surface area contributed by atoms with E-state index in [0.717, 1.165) is 12.1 Å². The zero-order valence-corrected chi connectivity index (χ0v) is 16.9. The maximum Gasteiger partial charge on any atom is 0.416 e. The van der Waals surface area contributed by atoms with Crippen LogP contribution in [0.3, 0.4) is 0 Å². The van der Waals surface area contributed by atoms with Crippen LogP contribution in [0, 0.1) is 0 Å². The summed E-state index contributed by atoms with van der Waals surface area (Å²) in [5.74, 6) is -0.385. The molecule has 8 heteroatoms. The Labute approximate surface area is 157 Å². The number of rotatable bonds is 4. The fraction of sp³-hybridized carbons (Fsp3) is 0.368. The van der Waals surface area contributed by atoms with Crippen molar-refractivity contribution in [3.05, 3.63) is 53.7 Å². The average molecular weight is 396 g/mol. The van der Waals surface area contributed by atoms with E-state index in [4.69, 9.17) is 4.43 Å². The monoisotopic (exact) mass is 396 g/mol. The van der Waals surface area contributed by atoms with Gasteiger partial charge in [0.15, 0.2) is 0 Å². The topological polar surface area (TPSA) is 51.2 Å². The molecular formula is C19H23F3N2O2Si. The molecule has 1 N–H and O–H groups in total. The summed E-state index contributed by atoms with van der Waals surface area (Å²) in [6.45, 7) is 9.93. The first-order valence-electron chi connectivity index (χ1n) is 8.44. The normalized spacial score (nSPS) is 12.6. The van der Waals surface area contributed by atoms with Gasteiger partial charge >= 0.3 is 12.1 Å². The van der Waals surface area contributed by atoms with Crippen molar-refractivity contribution in [3.63, 3.8) is 0 Å². The van der Waals surface area contributed by atoms with E-state index in [2.05, 4.69) is 10.3 Å². The molecule has 0 spiro atoms. The van der Waals surface area contributed by atoms with Crippen LogP contribution in [0.1, 0.15) is 36.7 Å². The minimum absolute atomic E-state index is 0.153. The second-order valence-corrected chi connectivity index (χ2v) is 12.5. The number of aromatic nitrogens is 1. The average Bonchev–Trinajstić information content (AvgIpc) is 2.53. The van der Waals surface area contributed by atoms with E-state index in [1.165, 1.54) is 18.3 Å². The predicted molar refractivity (Wildman–Crippen MR) is 102 cm³/mol. The Kier molecular flexibility index (Phi) is 5.70. The largest absolute Gasteiger partial charge is 0.516 e. The molecule has 2 aromatic rings. The second-order valence-electron chi connectivity index (χ2n) is 7.75. The summed E-state index contributed by atoms with van der Waals surface area (Å²) in [5, 5.41) is 2.63. The first-order valence-corrected chi connectivity index (χ1v) is 11.3. The van der Waals surface area contributed by atoms with Gasteiger partial charge < -0.3 is 9.74 Å². The van der Waals surface area contributed by atoms with Gasteiger partial charge in [-0.2, -0.15) is 13.2 Å². The van der Waals surface area contributed by atoms with Crippen molar-refractivity contribution in [1.82, 2.24) is 4.98 Å². The summed E-state index contributed by atoms with van der Waals surface area (Å²) in [5.41, 5.74) is -0.418. The summed E-state index contributed by atoms with van der Waals surface area (Å²) in [6.07, 6.45) is -3.00. The molecule has 4 nitrogen and oxygen atoms in total. The third-order valence-electron chi connectivity index (χ3n) is 4.63. The van der Waals surface area contributed by atoms with Gasteiger partial charge in [-0.3, -0.25) is 0 Å². The molecule has 1 aromatic heterocycles. The molecule has 0 aliphatic carbocycles. The summed E-state index contributed by atoms with van der Waals surface area (Å²) in [6, 6.07) is 7.85. The van der Waals surface area contributed by atoms with Crippen LogP contribution in [-0.4, -0.2) is 19.3 Å². The highest BCUT2D eigenvalue weighted by Gasteiger charge is 2.41. The van der Waals surface area contributed by atoms with Crippen LogP contribution >= 0.6 is 0 Å². The quantitative estimate of drug-likeness (QED) is 0.644. The second kappa shape index (κ2) is 7.34. The molecule has 2 rings (SSSR count). The molecular weight excluding hydrogens is 373 g/mol. The molecule has 0 aliphatic rings. The van der Waals surface area contributed by atoms with Crippen LogP contribution in [-0.2, 0) is 10.6 Å². The Morgan fingerprint density at radius 2 is 1.78 bits per heavy atom. The Balaban J connectivity index is 2.30. The molecule has 1 heterocycles. The fourth-order valence-electron chi connectivity index (χ4n) is 2.02. The zero-order valence-electron chi connectivity index (χ0n) is 15.9. The molecule has 0 saturated carbocycles. The molecule has 1 aromatic carbocycles. The van der Waals surface area contributed by atoms with Crippen molar-refractivity contribution in [2.75, 3.05) is 5.32 Å². The van der Waals surface area contributed by atoms with Gasteiger partial charge in [0, 0.05) is 11.9 Å². The number of pyridine rings is 1. The Morgan fingerprint density at radius 1 is 1.11 bits per heavy atom. The lowest BCUT2D eigenvalue weighted by Crippen LogP contribution is -2.42. The van der Waals surface area contributed by atoms with Crippen molar-refractivity contribution < 1.29 is 22.4 Å². The van der Waals surface area contributed by atoms with Gasteiger partial charge in [0.25, 0.3) is 8.32 Å². The van der Waals surface area contributed by atoms with Crippen LogP contribution in [0.4, 0.5) is 24.7 Å². The number of benzene rings is 1. The summed E-state index contributed by atoms with van der Waals surface area (Å²) in [7, 11) is -2.35. The number of nitrogens with zero attached hydrogens (tertiary/aromatic N) is 1. The van der Waals surface area contributed by atoms with Crippen molar-refractivity contribution in [2.24, 2.45) is 0 Å². The standard InChI is InChI=1S/C19H23F3N2O2Si/c1-18(2,3)27(4,5)26-17(25)15-10-7-11-23-16(15)24-14-9-6-8-13(12-14)19(20,21)22/h6-12H,1-5H3,(H,23,24). The molecule has 0 bridgehead atoms. The van der Waals surface area contributed by atoms with Gasteiger partial charge in [0.05, 0.1) is 5.56 Å². The van der Waals surface area contributed by atoms with E-state index in [-0.39, 0.29) is 22.1 Å². The lowest BCUT2D eigenvalue weighted by molar-refractivity contribution is -0.137. The summed E-state index contributed by atoms with van der Waals surface area (Å²) >= 11 is 0. The van der Waals surface area contributed by atoms with Crippen molar-refractivity contribution >= 4 is 25.8 Å². The predicted octanol–water partition coefficient (Wildman–Crippen LogP) is 6.01. The Hall–Kier alpha value is -2.35. The number of hydrogen-bond acceptors (Lipinski definition) is 4. The third kappa shape index (κ3) is 5.09. The fourth-order valence-corrected chi connectivity index (χ4v) is 2.90. The van der Waals surface area contributed by atoms with Crippen molar-refractivity contribution in [3.8, 4) is 0 Å². The number of nitrogens with one attached hydrogen (secondary N) is 1. The number of hydrogen-bond donors (Lipinski definition) is 1. The zero-order chi connectivity index (χ0) is 20.5. The number of halogens is 3.